The SMILES string of the molecule is COc1cc(/C=N/NC(=O)c2cc3cc([N+](=O)[O-])ccc3o2)c(Br)cc1OCc1ccc(F)cc1. The second-order valence-corrected chi connectivity index (χ2v) is 8.08. The summed E-state index contributed by atoms with van der Waals surface area (Å²) in [6, 6.07) is 14.8. The summed E-state index contributed by atoms with van der Waals surface area (Å²) in [5, 5.41) is 15.3. The number of amides is 1. The minimum atomic E-state index is -0.623. The number of hydrazone groups is 1. The molecule has 0 unspecified atom stereocenters. The van der Waals surface area contributed by atoms with Crippen LogP contribution in [0.4, 0.5) is 10.1 Å². The summed E-state index contributed by atoms with van der Waals surface area (Å²) in [4.78, 5) is 22.8. The lowest BCUT2D eigenvalue weighted by molar-refractivity contribution is -0.384. The normalized spacial score (nSPS) is 11.1. The Kier molecular flexibility index (Phi) is 7.06. The zero-order chi connectivity index (χ0) is 24.9. The van der Waals surface area contributed by atoms with Gasteiger partial charge in [0, 0.05) is 27.6 Å². The van der Waals surface area contributed by atoms with Gasteiger partial charge in [-0.2, -0.15) is 5.10 Å². The number of hydrogen-bond donors (Lipinski definition) is 1. The third-order valence-corrected chi connectivity index (χ3v) is 5.58. The largest absolute Gasteiger partial charge is 0.493 e. The average molecular weight is 542 g/mol. The van der Waals surface area contributed by atoms with Crippen molar-refractivity contribution in [1.29, 1.82) is 0 Å². The van der Waals surface area contributed by atoms with Gasteiger partial charge >= 0.3 is 5.91 Å². The number of ether oxygens (including phenoxy) is 2. The molecule has 0 aliphatic rings. The molecular weight excluding hydrogens is 525 g/mol. The van der Waals surface area contributed by atoms with Crippen LogP contribution in [-0.2, 0) is 6.61 Å². The van der Waals surface area contributed by atoms with Crippen molar-refractivity contribution >= 4 is 44.7 Å². The molecule has 11 heteroatoms. The van der Waals surface area contributed by atoms with Crippen LogP contribution >= 0.6 is 15.9 Å². The number of hydrogen-bond acceptors (Lipinski definition) is 7. The van der Waals surface area contributed by atoms with Gasteiger partial charge in [0.05, 0.1) is 18.2 Å². The number of halogens is 2. The van der Waals surface area contributed by atoms with Crippen LogP contribution in [0.5, 0.6) is 11.5 Å². The Balaban J connectivity index is 1.44. The Morgan fingerprint density at radius 2 is 1.94 bits per heavy atom. The van der Waals surface area contributed by atoms with E-state index in [0.717, 1.165) is 5.56 Å². The number of fused-ring (bicyclic) bond motifs is 1. The Morgan fingerprint density at radius 1 is 1.17 bits per heavy atom. The van der Waals surface area contributed by atoms with Gasteiger partial charge in [-0.15, -0.1) is 0 Å². The lowest BCUT2D eigenvalue weighted by Crippen LogP contribution is -2.16. The Morgan fingerprint density at radius 3 is 2.66 bits per heavy atom. The van der Waals surface area contributed by atoms with Crippen molar-refractivity contribution in [1.82, 2.24) is 5.43 Å². The fourth-order valence-electron chi connectivity index (χ4n) is 3.14. The minimum absolute atomic E-state index is 0.0427. The van der Waals surface area contributed by atoms with Crippen molar-refractivity contribution < 1.29 is 28.0 Å². The molecule has 0 atom stereocenters. The molecule has 4 aromatic rings. The van der Waals surface area contributed by atoms with E-state index in [0.29, 0.717) is 32.5 Å². The first-order chi connectivity index (χ1) is 16.8. The van der Waals surface area contributed by atoms with Gasteiger partial charge in [-0.25, -0.2) is 9.82 Å². The number of nitro groups is 1. The topological polar surface area (TPSA) is 116 Å². The number of benzene rings is 3. The van der Waals surface area contributed by atoms with E-state index in [4.69, 9.17) is 13.9 Å². The quantitative estimate of drug-likeness (QED) is 0.176. The molecule has 1 aromatic heterocycles. The highest BCUT2D eigenvalue weighted by atomic mass is 79.9. The van der Waals surface area contributed by atoms with Gasteiger partial charge in [-0.3, -0.25) is 14.9 Å². The zero-order valence-corrected chi connectivity index (χ0v) is 19.7. The molecule has 0 aliphatic heterocycles. The lowest BCUT2D eigenvalue weighted by atomic mass is 10.2. The third kappa shape index (κ3) is 5.64. The number of furan rings is 1. The molecule has 0 radical (unpaired) electrons. The van der Waals surface area contributed by atoms with Gasteiger partial charge in [0.1, 0.15) is 18.0 Å². The maximum atomic E-state index is 13.1. The van der Waals surface area contributed by atoms with Gasteiger partial charge in [0.2, 0.25) is 0 Å². The molecule has 178 valence electrons. The number of rotatable bonds is 8. The smallest absolute Gasteiger partial charge is 0.307 e. The molecule has 0 bridgehead atoms. The van der Waals surface area contributed by atoms with E-state index in [1.165, 1.54) is 49.7 Å². The van der Waals surface area contributed by atoms with Crippen molar-refractivity contribution in [2.75, 3.05) is 7.11 Å². The molecule has 1 heterocycles. The lowest BCUT2D eigenvalue weighted by Gasteiger charge is -2.12. The Hall–Kier alpha value is -4.25. The summed E-state index contributed by atoms with van der Waals surface area (Å²) in [5.41, 5.74) is 3.98. The summed E-state index contributed by atoms with van der Waals surface area (Å²) in [6.07, 6.45) is 1.40. The number of carbonyl (C=O) groups is 1. The average Bonchev–Trinajstić information content (AvgIpc) is 3.28. The van der Waals surface area contributed by atoms with Crippen molar-refractivity contribution in [3.8, 4) is 11.5 Å². The molecular formula is C24H17BrFN3O6. The number of non-ortho nitro benzene ring substituents is 1. The van der Waals surface area contributed by atoms with Gasteiger partial charge < -0.3 is 13.9 Å². The van der Waals surface area contributed by atoms with E-state index < -0.39 is 10.8 Å². The summed E-state index contributed by atoms with van der Waals surface area (Å²) in [7, 11) is 1.49. The second-order valence-electron chi connectivity index (χ2n) is 7.23. The monoisotopic (exact) mass is 541 g/mol. The maximum absolute atomic E-state index is 13.1. The van der Waals surface area contributed by atoms with Crippen LogP contribution in [0.1, 0.15) is 21.7 Å². The van der Waals surface area contributed by atoms with Gasteiger partial charge in [0.15, 0.2) is 17.3 Å². The molecule has 0 spiro atoms. The Labute approximate surface area is 206 Å². The van der Waals surface area contributed by atoms with Crippen molar-refractivity contribution in [2.45, 2.75) is 6.61 Å². The van der Waals surface area contributed by atoms with Crippen LogP contribution in [0.2, 0.25) is 0 Å². The van der Waals surface area contributed by atoms with Crippen LogP contribution in [0.3, 0.4) is 0 Å². The number of methoxy groups -OCH3 is 1. The van der Waals surface area contributed by atoms with Gasteiger partial charge in [-0.1, -0.05) is 12.1 Å². The Bertz CT molecular complexity index is 1440. The summed E-state index contributed by atoms with van der Waals surface area (Å²) in [6.45, 7) is 0.216. The van der Waals surface area contributed by atoms with Crippen LogP contribution in [0, 0.1) is 15.9 Å². The first-order valence-corrected chi connectivity index (χ1v) is 10.9. The maximum Gasteiger partial charge on any atom is 0.307 e. The molecule has 3 aromatic carbocycles. The third-order valence-electron chi connectivity index (χ3n) is 4.89. The van der Waals surface area contributed by atoms with Crippen molar-refractivity contribution in [3.05, 3.63) is 98.0 Å². The van der Waals surface area contributed by atoms with E-state index in [2.05, 4.69) is 26.5 Å². The molecule has 9 nitrogen and oxygen atoms in total. The van der Waals surface area contributed by atoms with E-state index in [-0.39, 0.29) is 23.9 Å². The van der Waals surface area contributed by atoms with Crippen LogP contribution < -0.4 is 14.9 Å². The standard InChI is InChI=1S/C24H17BrFN3O6/c1-33-21-10-16(19(25)11-22(21)34-13-14-2-4-17(26)5-3-14)12-27-28-24(30)23-9-15-8-18(29(31)32)6-7-20(15)35-23/h2-12H,13H2,1H3,(H,28,30)/b27-12+. The second kappa shape index (κ2) is 10.3. The number of nitrogens with zero attached hydrogens (tertiary/aromatic N) is 2. The molecule has 1 amide bonds. The summed E-state index contributed by atoms with van der Waals surface area (Å²) >= 11 is 3.44. The molecule has 1 N–H and O–H groups in total. The summed E-state index contributed by atoms with van der Waals surface area (Å²) in [5.74, 6) is -0.0985. The highest BCUT2D eigenvalue weighted by Crippen LogP contribution is 2.33. The zero-order valence-electron chi connectivity index (χ0n) is 18.2. The van der Waals surface area contributed by atoms with Crippen LogP contribution in [-0.4, -0.2) is 24.2 Å². The van der Waals surface area contributed by atoms with E-state index in [1.807, 2.05) is 0 Å². The number of nitro benzene ring substituents is 1. The van der Waals surface area contributed by atoms with Crippen LogP contribution in [0.15, 0.2) is 74.7 Å². The highest BCUT2D eigenvalue weighted by Gasteiger charge is 2.15. The predicted molar refractivity (Wildman–Crippen MR) is 129 cm³/mol. The predicted octanol–water partition coefficient (Wildman–Crippen LogP) is 5.59. The van der Waals surface area contributed by atoms with E-state index in [9.17, 15) is 19.3 Å². The number of carbonyl (C=O) groups excluding carboxylic acids is 1. The number of nitrogens with one attached hydrogen (secondary N) is 1. The highest BCUT2D eigenvalue weighted by molar-refractivity contribution is 9.10. The minimum Gasteiger partial charge on any atom is -0.493 e. The fraction of sp³-hybridized carbons (Fsp3) is 0.0833. The molecule has 0 fully saturated rings. The molecule has 35 heavy (non-hydrogen) atoms. The van der Waals surface area contributed by atoms with Crippen LogP contribution in [0.25, 0.3) is 11.0 Å². The van der Waals surface area contributed by atoms with E-state index >= 15 is 0 Å². The molecule has 0 saturated heterocycles. The molecule has 0 aliphatic carbocycles. The first-order valence-electron chi connectivity index (χ1n) is 10.1. The van der Waals surface area contributed by atoms with Gasteiger partial charge in [0.25, 0.3) is 5.69 Å². The molecule has 0 saturated carbocycles. The fourth-order valence-corrected chi connectivity index (χ4v) is 3.56. The van der Waals surface area contributed by atoms with E-state index in [1.54, 1.807) is 24.3 Å². The first kappa shape index (κ1) is 23.9. The molecule has 4 rings (SSSR count). The van der Waals surface area contributed by atoms with Crippen molar-refractivity contribution in [2.24, 2.45) is 5.10 Å². The summed E-state index contributed by atoms with van der Waals surface area (Å²) < 4.78 is 30.3. The van der Waals surface area contributed by atoms with Crippen molar-refractivity contribution in [3.63, 3.8) is 0 Å². The van der Waals surface area contributed by atoms with Gasteiger partial charge in [-0.05, 0) is 57.9 Å².